The van der Waals surface area contributed by atoms with Crippen LogP contribution < -0.4 is 10.2 Å². The fourth-order valence-corrected chi connectivity index (χ4v) is 5.32. The van der Waals surface area contributed by atoms with Crippen LogP contribution in [0.2, 0.25) is 0 Å². The number of pyridine rings is 1. The Labute approximate surface area is 198 Å². The molecule has 3 aromatic rings. The number of fused-ring (bicyclic) bond motifs is 4. The van der Waals surface area contributed by atoms with E-state index in [1.54, 1.807) is 23.9 Å². The van der Waals surface area contributed by atoms with Gasteiger partial charge < -0.3 is 14.0 Å². The van der Waals surface area contributed by atoms with E-state index < -0.39 is 5.97 Å². The standard InChI is InChI=1S/C27H29N3O4/c1-3-33-26(32)21-15-30-23(13-24(21)31)19-12-20(22-7-10-29(2)28-22)25(34-16-17-5-6-17)11-18(19)14-27(30)8-4-9-27/h7,10-13,15,17H,3-6,8-9,14,16H2,1-2H3. The minimum Gasteiger partial charge on any atom is -0.493 e. The van der Waals surface area contributed by atoms with Gasteiger partial charge in [-0.05, 0) is 75.1 Å². The van der Waals surface area contributed by atoms with Gasteiger partial charge in [0.2, 0.25) is 0 Å². The van der Waals surface area contributed by atoms with Gasteiger partial charge in [0.1, 0.15) is 11.3 Å². The molecule has 3 aliphatic rings. The molecule has 6 rings (SSSR count). The number of nitrogens with zero attached hydrogens (tertiary/aromatic N) is 3. The first kappa shape index (κ1) is 21.2. The Balaban J connectivity index is 1.52. The van der Waals surface area contributed by atoms with Crippen molar-refractivity contribution in [2.75, 3.05) is 13.2 Å². The highest BCUT2D eigenvalue weighted by atomic mass is 16.5. The summed E-state index contributed by atoms with van der Waals surface area (Å²) >= 11 is 0. The molecule has 0 saturated heterocycles. The minimum absolute atomic E-state index is 0.106. The Bertz CT molecular complexity index is 1340. The largest absolute Gasteiger partial charge is 0.493 e. The number of benzene rings is 1. The summed E-state index contributed by atoms with van der Waals surface area (Å²) < 4.78 is 15.4. The molecular weight excluding hydrogens is 430 g/mol. The first-order valence-electron chi connectivity index (χ1n) is 12.2. The van der Waals surface area contributed by atoms with E-state index in [1.807, 2.05) is 19.3 Å². The highest BCUT2D eigenvalue weighted by Crippen LogP contribution is 2.50. The Morgan fingerprint density at radius 2 is 2.03 bits per heavy atom. The fourth-order valence-electron chi connectivity index (χ4n) is 5.32. The van der Waals surface area contributed by atoms with Crippen LogP contribution in [-0.2, 0) is 23.7 Å². The van der Waals surface area contributed by atoms with Gasteiger partial charge in [0.15, 0.2) is 5.43 Å². The molecule has 7 nitrogen and oxygen atoms in total. The Kier molecular flexibility index (Phi) is 4.90. The number of carbonyl (C=O) groups is 1. The molecule has 2 fully saturated rings. The molecule has 2 aromatic heterocycles. The maximum absolute atomic E-state index is 13.0. The van der Waals surface area contributed by atoms with E-state index in [1.165, 1.54) is 18.4 Å². The zero-order chi connectivity index (χ0) is 23.4. The maximum Gasteiger partial charge on any atom is 0.343 e. The molecule has 1 aliphatic heterocycles. The summed E-state index contributed by atoms with van der Waals surface area (Å²) in [6, 6.07) is 7.87. The van der Waals surface area contributed by atoms with E-state index in [4.69, 9.17) is 9.47 Å². The maximum atomic E-state index is 13.0. The first-order valence-corrected chi connectivity index (χ1v) is 12.2. The molecule has 0 amide bonds. The summed E-state index contributed by atoms with van der Waals surface area (Å²) in [5.74, 6) is 0.949. The highest BCUT2D eigenvalue weighted by Gasteiger charge is 2.44. The Morgan fingerprint density at radius 3 is 2.68 bits per heavy atom. The van der Waals surface area contributed by atoms with Gasteiger partial charge in [-0.3, -0.25) is 9.48 Å². The van der Waals surface area contributed by atoms with Gasteiger partial charge in [-0.2, -0.15) is 5.10 Å². The molecule has 34 heavy (non-hydrogen) atoms. The lowest BCUT2D eigenvalue weighted by Gasteiger charge is -2.49. The lowest BCUT2D eigenvalue weighted by Crippen LogP contribution is -2.46. The van der Waals surface area contributed by atoms with Crippen LogP contribution in [0.3, 0.4) is 0 Å². The third-order valence-corrected chi connectivity index (χ3v) is 7.50. The molecule has 0 bridgehead atoms. The summed E-state index contributed by atoms with van der Waals surface area (Å²) in [5.41, 5.74) is 4.51. The summed E-state index contributed by atoms with van der Waals surface area (Å²) in [7, 11) is 1.90. The van der Waals surface area contributed by atoms with Crippen molar-refractivity contribution < 1.29 is 14.3 Å². The quantitative estimate of drug-likeness (QED) is 0.514. The number of rotatable bonds is 6. The lowest BCUT2D eigenvalue weighted by atomic mass is 9.69. The SMILES string of the molecule is CCOC(=O)c1cn2c(cc1=O)-c1cc(-c3ccn(C)n3)c(OCC3CC3)cc1CC21CCC1. The molecule has 0 atom stereocenters. The smallest absolute Gasteiger partial charge is 0.343 e. The molecule has 2 aliphatic carbocycles. The molecule has 7 heteroatoms. The summed E-state index contributed by atoms with van der Waals surface area (Å²) in [6.45, 7) is 2.72. The second-order valence-corrected chi connectivity index (χ2v) is 9.92. The van der Waals surface area contributed by atoms with Crippen molar-refractivity contribution in [3.63, 3.8) is 0 Å². The average molecular weight is 460 g/mol. The van der Waals surface area contributed by atoms with Gasteiger partial charge in [0.05, 0.1) is 24.6 Å². The number of esters is 1. The van der Waals surface area contributed by atoms with Crippen molar-refractivity contribution in [3.05, 3.63) is 58.0 Å². The molecular formula is C27H29N3O4. The molecule has 0 unspecified atom stereocenters. The zero-order valence-corrected chi connectivity index (χ0v) is 19.7. The van der Waals surface area contributed by atoms with Crippen LogP contribution in [0, 0.1) is 5.92 Å². The second kappa shape index (κ2) is 7.86. The van der Waals surface area contributed by atoms with Crippen molar-refractivity contribution in [2.45, 2.75) is 51.0 Å². The van der Waals surface area contributed by atoms with Gasteiger partial charge in [0.25, 0.3) is 0 Å². The van der Waals surface area contributed by atoms with E-state index in [9.17, 15) is 9.59 Å². The van der Waals surface area contributed by atoms with Crippen LogP contribution in [0.25, 0.3) is 22.5 Å². The number of aromatic nitrogens is 3. The molecule has 1 spiro atoms. The van der Waals surface area contributed by atoms with Crippen molar-refractivity contribution >= 4 is 5.97 Å². The molecule has 0 radical (unpaired) electrons. The Morgan fingerprint density at radius 1 is 1.21 bits per heavy atom. The second-order valence-electron chi connectivity index (χ2n) is 9.92. The highest BCUT2D eigenvalue weighted by molar-refractivity contribution is 5.90. The fraction of sp³-hybridized carbons (Fsp3) is 0.444. The zero-order valence-electron chi connectivity index (χ0n) is 19.7. The molecule has 1 aromatic carbocycles. The first-order chi connectivity index (χ1) is 16.5. The lowest BCUT2D eigenvalue weighted by molar-refractivity contribution is 0.0521. The van der Waals surface area contributed by atoms with E-state index in [-0.39, 0.29) is 23.1 Å². The van der Waals surface area contributed by atoms with Gasteiger partial charge >= 0.3 is 5.97 Å². The topological polar surface area (TPSA) is 75.4 Å². The van der Waals surface area contributed by atoms with Gasteiger partial charge in [-0.15, -0.1) is 0 Å². The van der Waals surface area contributed by atoms with E-state index >= 15 is 0 Å². The summed E-state index contributed by atoms with van der Waals surface area (Å²) in [5, 5.41) is 4.63. The monoisotopic (exact) mass is 459 g/mol. The molecule has 0 N–H and O–H groups in total. The number of aryl methyl sites for hydroxylation is 1. The third-order valence-electron chi connectivity index (χ3n) is 7.50. The van der Waals surface area contributed by atoms with Gasteiger partial charge in [-0.25, -0.2) is 4.79 Å². The van der Waals surface area contributed by atoms with Gasteiger partial charge in [0, 0.05) is 42.2 Å². The number of carbonyl (C=O) groups excluding carboxylic acids is 1. The normalized spacial score (nSPS) is 17.6. The minimum atomic E-state index is -0.555. The molecule has 2 saturated carbocycles. The predicted molar refractivity (Wildman–Crippen MR) is 128 cm³/mol. The summed E-state index contributed by atoms with van der Waals surface area (Å²) in [4.78, 5) is 25.5. The van der Waals surface area contributed by atoms with Crippen molar-refractivity contribution in [3.8, 4) is 28.3 Å². The predicted octanol–water partition coefficient (Wildman–Crippen LogP) is 4.32. The van der Waals surface area contributed by atoms with Crippen LogP contribution >= 0.6 is 0 Å². The number of hydrogen-bond donors (Lipinski definition) is 0. The molecule has 176 valence electrons. The van der Waals surface area contributed by atoms with E-state index in [0.29, 0.717) is 5.92 Å². The van der Waals surface area contributed by atoms with E-state index in [0.717, 1.165) is 60.6 Å². The van der Waals surface area contributed by atoms with Crippen LogP contribution in [0.4, 0.5) is 0 Å². The van der Waals surface area contributed by atoms with Gasteiger partial charge in [-0.1, -0.05) is 0 Å². The van der Waals surface area contributed by atoms with Crippen molar-refractivity contribution in [1.82, 2.24) is 14.3 Å². The Hall–Kier alpha value is -3.35. The number of hydrogen-bond acceptors (Lipinski definition) is 5. The van der Waals surface area contributed by atoms with Crippen LogP contribution in [0.5, 0.6) is 5.75 Å². The third kappa shape index (κ3) is 3.45. The van der Waals surface area contributed by atoms with Crippen LogP contribution in [0.1, 0.15) is 54.9 Å². The average Bonchev–Trinajstić information content (AvgIpc) is 3.53. The molecule has 3 heterocycles. The summed E-state index contributed by atoms with van der Waals surface area (Å²) in [6.07, 6.45) is 10.1. The number of ether oxygens (including phenoxy) is 2. The van der Waals surface area contributed by atoms with Crippen LogP contribution in [0.15, 0.2) is 41.5 Å². The van der Waals surface area contributed by atoms with E-state index in [2.05, 4.69) is 21.8 Å². The van der Waals surface area contributed by atoms with Crippen molar-refractivity contribution in [1.29, 1.82) is 0 Å². The van der Waals surface area contributed by atoms with Crippen LogP contribution in [-0.4, -0.2) is 33.5 Å². The van der Waals surface area contributed by atoms with Crippen molar-refractivity contribution in [2.24, 2.45) is 13.0 Å².